The normalized spacial score (nSPS) is 15.8. The Kier molecular flexibility index (Phi) is 4.85. The number of nitrogens with one attached hydrogen (secondary N) is 1. The van der Waals surface area contributed by atoms with Crippen LogP contribution in [-0.2, 0) is 23.2 Å². The molecule has 0 bridgehead atoms. The second-order valence-electron chi connectivity index (χ2n) is 5.52. The lowest BCUT2D eigenvalue weighted by atomic mass is 10.2. The van der Waals surface area contributed by atoms with E-state index in [1.807, 2.05) is 36.4 Å². The summed E-state index contributed by atoms with van der Waals surface area (Å²) in [4.78, 5) is 12.3. The summed E-state index contributed by atoms with van der Waals surface area (Å²) in [6, 6.07) is 11.7. The summed E-state index contributed by atoms with van der Waals surface area (Å²) >= 11 is 0. The highest BCUT2D eigenvalue weighted by molar-refractivity contribution is 7.96. The van der Waals surface area contributed by atoms with Crippen LogP contribution in [0.4, 0.5) is 0 Å². The third-order valence-electron chi connectivity index (χ3n) is 3.91. The molecule has 2 heterocycles. The van der Waals surface area contributed by atoms with Crippen molar-refractivity contribution in [2.24, 2.45) is 0 Å². The molecule has 5 heteroatoms. The average Bonchev–Trinajstić information content (AvgIpc) is 2.56. The zero-order valence-corrected chi connectivity index (χ0v) is 13.3. The van der Waals surface area contributed by atoms with Gasteiger partial charge < -0.3 is 15.0 Å². The molecule has 0 aliphatic carbocycles. The van der Waals surface area contributed by atoms with Gasteiger partial charge >= 0.3 is 0 Å². The van der Waals surface area contributed by atoms with Gasteiger partial charge in [-0.2, -0.15) is 0 Å². The Balaban J connectivity index is 1.77. The first-order valence-electron chi connectivity index (χ1n) is 7.54. The van der Waals surface area contributed by atoms with Gasteiger partial charge in [0.25, 0.3) is 5.56 Å². The van der Waals surface area contributed by atoms with Crippen LogP contribution in [0.5, 0.6) is 5.75 Å². The molecule has 1 aliphatic rings. The van der Waals surface area contributed by atoms with Gasteiger partial charge in [0, 0.05) is 19.3 Å². The van der Waals surface area contributed by atoms with Crippen LogP contribution in [0.2, 0.25) is 0 Å². The highest BCUT2D eigenvalue weighted by Crippen LogP contribution is 2.17. The van der Waals surface area contributed by atoms with Crippen molar-refractivity contribution >= 4 is 10.9 Å². The molecule has 0 unspecified atom stereocenters. The number of hydrogen-bond acceptors (Lipinski definition) is 3. The van der Waals surface area contributed by atoms with Gasteiger partial charge in [-0.25, -0.2) is 0 Å². The lowest BCUT2D eigenvalue weighted by Crippen LogP contribution is -2.37. The Morgan fingerprint density at radius 1 is 1.14 bits per heavy atom. The third kappa shape index (κ3) is 3.54. The van der Waals surface area contributed by atoms with E-state index < -0.39 is 0 Å². The molecule has 0 spiro atoms. The van der Waals surface area contributed by atoms with Crippen LogP contribution in [0.15, 0.2) is 47.4 Å². The van der Waals surface area contributed by atoms with E-state index in [-0.39, 0.29) is 22.2 Å². The van der Waals surface area contributed by atoms with Crippen LogP contribution in [0.3, 0.4) is 0 Å². The molecular formula is C17H21N2O2S+. The lowest BCUT2D eigenvalue weighted by Gasteiger charge is -2.16. The maximum Gasteiger partial charge on any atom is 0.293 e. The maximum atomic E-state index is 12.3. The molecule has 1 aromatic heterocycles. The molecule has 0 amide bonds. The van der Waals surface area contributed by atoms with E-state index in [0.717, 1.165) is 41.5 Å². The van der Waals surface area contributed by atoms with Crippen molar-refractivity contribution in [3.05, 3.63) is 64.1 Å². The number of hydrogen-bond donors (Lipinski definition) is 2. The molecule has 0 saturated carbocycles. The van der Waals surface area contributed by atoms with E-state index in [1.165, 1.54) is 0 Å². The smallest absolute Gasteiger partial charge is 0.293 e. The SMILES string of the molecule is O=c1c(O)c(C[S+]2CCNCC2)ccn1Cc1ccccc1. The van der Waals surface area contributed by atoms with Crippen LogP contribution >= 0.6 is 0 Å². The van der Waals surface area contributed by atoms with Crippen molar-refractivity contribution < 1.29 is 5.11 Å². The van der Waals surface area contributed by atoms with E-state index >= 15 is 0 Å². The van der Waals surface area contributed by atoms with Gasteiger partial charge in [-0.3, -0.25) is 4.79 Å². The van der Waals surface area contributed by atoms with Gasteiger partial charge in [0.2, 0.25) is 0 Å². The lowest BCUT2D eigenvalue weighted by molar-refractivity contribution is 0.454. The largest absolute Gasteiger partial charge is 0.503 e. The zero-order chi connectivity index (χ0) is 15.4. The molecule has 3 rings (SSSR count). The van der Waals surface area contributed by atoms with Crippen LogP contribution < -0.4 is 10.9 Å². The van der Waals surface area contributed by atoms with Gasteiger partial charge in [-0.15, -0.1) is 0 Å². The highest BCUT2D eigenvalue weighted by Gasteiger charge is 2.24. The van der Waals surface area contributed by atoms with E-state index in [1.54, 1.807) is 10.8 Å². The molecule has 2 N–H and O–H groups in total. The fourth-order valence-electron chi connectivity index (χ4n) is 2.65. The van der Waals surface area contributed by atoms with Crippen LogP contribution in [0.25, 0.3) is 0 Å². The number of nitrogens with zero attached hydrogens (tertiary/aromatic N) is 1. The second-order valence-corrected chi connectivity index (χ2v) is 7.85. The first kappa shape index (κ1) is 15.2. The first-order valence-corrected chi connectivity index (χ1v) is 9.27. The van der Waals surface area contributed by atoms with E-state index in [9.17, 15) is 9.90 Å². The Hall–Kier alpha value is -1.72. The van der Waals surface area contributed by atoms with Crippen LogP contribution in [0, 0.1) is 0 Å². The van der Waals surface area contributed by atoms with Crippen molar-refractivity contribution in [3.8, 4) is 5.75 Å². The minimum atomic E-state index is -0.292. The summed E-state index contributed by atoms with van der Waals surface area (Å²) in [7, 11) is 0.271. The molecule has 2 aromatic rings. The second kappa shape index (κ2) is 7.03. The molecule has 1 aliphatic heterocycles. The fourth-order valence-corrected chi connectivity index (χ4v) is 4.68. The first-order chi connectivity index (χ1) is 10.7. The highest BCUT2D eigenvalue weighted by atomic mass is 32.2. The van der Waals surface area contributed by atoms with Crippen molar-refractivity contribution in [3.63, 3.8) is 0 Å². The predicted molar refractivity (Wildman–Crippen MR) is 91.6 cm³/mol. The molecule has 116 valence electrons. The summed E-state index contributed by atoms with van der Waals surface area (Å²) in [5.41, 5.74) is 1.55. The van der Waals surface area contributed by atoms with Crippen LogP contribution in [0.1, 0.15) is 11.1 Å². The summed E-state index contributed by atoms with van der Waals surface area (Å²) in [6.07, 6.45) is 1.80. The molecule has 0 radical (unpaired) electrons. The van der Waals surface area contributed by atoms with Crippen molar-refractivity contribution in [1.29, 1.82) is 0 Å². The summed E-state index contributed by atoms with van der Waals surface area (Å²) in [5.74, 6) is 3.00. The number of aromatic hydroxyl groups is 1. The van der Waals surface area contributed by atoms with Crippen molar-refractivity contribution in [2.75, 3.05) is 24.6 Å². The van der Waals surface area contributed by atoms with Crippen LogP contribution in [-0.4, -0.2) is 34.3 Å². The molecule has 1 aromatic carbocycles. The number of pyridine rings is 1. The molecule has 4 nitrogen and oxygen atoms in total. The van der Waals surface area contributed by atoms with Crippen molar-refractivity contribution in [2.45, 2.75) is 12.3 Å². The van der Waals surface area contributed by atoms with E-state index in [2.05, 4.69) is 5.32 Å². The number of aromatic nitrogens is 1. The Bertz CT molecular complexity index is 679. The standard InChI is InChI=1S/C17H20N2O2S/c20-16-15(13-22-10-7-18-8-11-22)6-9-19(17(16)21)12-14-4-2-1-3-5-14/h1-6,9,18H,7-8,10-13H2/p+1. The monoisotopic (exact) mass is 317 g/mol. The molecule has 22 heavy (non-hydrogen) atoms. The van der Waals surface area contributed by atoms with E-state index in [4.69, 9.17) is 0 Å². The maximum absolute atomic E-state index is 12.3. The quantitative estimate of drug-likeness (QED) is 0.837. The Labute approximate surface area is 133 Å². The van der Waals surface area contributed by atoms with Gasteiger partial charge in [0.1, 0.15) is 17.3 Å². The number of benzene rings is 1. The average molecular weight is 317 g/mol. The minimum absolute atomic E-state index is 0.0792. The molecule has 1 saturated heterocycles. The summed E-state index contributed by atoms with van der Waals surface area (Å²) in [6.45, 7) is 2.56. The number of rotatable bonds is 4. The molecule has 0 atom stereocenters. The van der Waals surface area contributed by atoms with Crippen molar-refractivity contribution in [1.82, 2.24) is 9.88 Å². The van der Waals surface area contributed by atoms with Gasteiger partial charge in [0.05, 0.1) is 12.1 Å². The summed E-state index contributed by atoms with van der Waals surface area (Å²) in [5, 5.41) is 13.6. The minimum Gasteiger partial charge on any atom is -0.503 e. The zero-order valence-electron chi connectivity index (χ0n) is 12.5. The Morgan fingerprint density at radius 3 is 2.59 bits per heavy atom. The predicted octanol–water partition coefficient (Wildman–Crippen LogP) is 1.32. The molecule has 1 fully saturated rings. The van der Waals surface area contributed by atoms with Gasteiger partial charge in [0.15, 0.2) is 5.75 Å². The fraction of sp³-hybridized carbons (Fsp3) is 0.353. The van der Waals surface area contributed by atoms with Gasteiger partial charge in [-0.1, -0.05) is 30.3 Å². The topological polar surface area (TPSA) is 54.3 Å². The van der Waals surface area contributed by atoms with E-state index in [0.29, 0.717) is 6.54 Å². The Morgan fingerprint density at radius 2 is 1.86 bits per heavy atom. The summed E-state index contributed by atoms with van der Waals surface area (Å²) < 4.78 is 1.57. The molecular weight excluding hydrogens is 296 g/mol. The van der Waals surface area contributed by atoms with Gasteiger partial charge in [-0.05, 0) is 22.5 Å². The third-order valence-corrected chi connectivity index (χ3v) is 6.20.